The lowest BCUT2D eigenvalue weighted by molar-refractivity contribution is -0.119. The summed E-state index contributed by atoms with van der Waals surface area (Å²) in [6.45, 7) is 27.2. The lowest BCUT2D eigenvalue weighted by Crippen LogP contribution is -2.16. The molecule has 0 radical (unpaired) electrons. The van der Waals surface area contributed by atoms with Gasteiger partial charge in [0.2, 0.25) is 0 Å². The number of rotatable bonds is 78. The van der Waals surface area contributed by atoms with Crippen LogP contribution in [0.15, 0.2) is 0 Å². The molecule has 0 heterocycles. The predicted octanol–water partition coefficient (Wildman–Crippen LogP) is 1.36. The van der Waals surface area contributed by atoms with Crippen molar-refractivity contribution in [2.75, 3.05) is 330 Å². The van der Waals surface area contributed by atoms with Crippen LogP contribution in [0.25, 0.3) is 0 Å². The molecule has 0 saturated carbocycles. The topological polar surface area (TPSA) is 265 Å². The first kappa shape index (κ1) is 81.3. The fourth-order valence-electron chi connectivity index (χ4n) is 5.81. The molecule has 0 amide bonds. The molecule has 27 heteroatoms. The van der Waals surface area contributed by atoms with Crippen molar-refractivity contribution in [1.82, 2.24) is 0 Å². The minimum Gasteiger partial charge on any atom is -0.379 e. The Morgan fingerprint density at radius 2 is 0.193 bits per heavy atom. The highest BCUT2D eigenvalue weighted by Gasteiger charge is 2.01. The number of hydrogen-bond donors (Lipinski definition) is 0. The van der Waals surface area contributed by atoms with Gasteiger partial charge in [0.15, 0.2) is 0 Å². The van der Waals surface area contributed by atoms with Gasteiger partial charge in [-0.1, -0.05) is 0 Å². The molecule has 496 valence electrons. The summed E-state index contributed by atoms with van der Waals surface area (Å²) < 4.78 is 137. The summed E-state index contributed by atoms with van der Waals surface area (Å²) >= 11 is 0. The third kappa shape index (κ3) is 80.3. The molecule has 0 aromatic carbocycles. The quantitative estimate of drug-likeness (QED) is 0.0778. The second-order valence-corrected chi connectivity index (χ2v) is 17.2. The molecule has 0 atom stereocenters. The van der Waals surface area contributed by atoms with Crippen molar-refractivity contribution in [3.05, 3.63) is 0 Å². The molecule has 27 nitrogen and oxygen atoms in total. The lowest BCUT2D eigenvalue weighted by atomic mass is 10.3. The molecule has 0 aliphatic heterocycles. The van der Waals surface area contributed by atoms with Gasteiger partial charge in [-0.05, 0) is 13.8 Å². The van der Waals surface area contributed by atoms with Gasteiger partial charge in [-0.2, -0.15) is 0 Å². The van der Waals surface area contributed by atoms with E-state index < -0.39 is 0 Å². The SMILES string of the molecule is CC(=O)CCOCCOCCOCCOCCOCCOCCOCCOCCOCCOCCOCCOCCOCCOCCOCCOCCOCCOCCOCCOCCOCCOCCOCCOCCOCCC(C)=O. The molecule has 0 spiro atoms. The van der Waals surface area contributed by atoms with E-state index in [0.29, 0.717) is 343 Å². The van der Waals surface area contributed by atoms with Crippen LogP contribution in [0.4, 0.5) is 0 Å². The van der Waals surface area contributed by atoms with Gasteiger partial charge in [0.1, 0.15) is 11.6 Å². The fraction of sp³-hybridized carbons (Fsp3) is 0.964. The van der Waals surface area contributed by atoms with E-state index in [-0.39, 0.29) is 11.6 Å². The maximum atomic E-state index is 10.8. The molecule has 0 bridgehead atoms. The van der Waals surface area contributed by atoms with Gasteiger partial charge in [0, 0.05) is 12.8 Å². The molecule has 0 aliphatic carbocycles. The molecular weight excluding hydrogens is 1100 g/mol. The van der Waals surface area contributed by atoms with Gasteiger partial charge in [-0.25, -0.2) is 0 Å². The van der Waals surface area contributed by atoms with E-state index >= 15 is 0 Å². The zero-order valence-electron chi connectivity index (χ0n) is 50.8. The molecule has 0 unspecified atom stereocenters. The Bertz CT molecular complexity index is 1130. The van der Waals surface area contributed by atoms with Crippen LogP contribution in [0.5, 0.6) is 0 Å². The molecule has 0 saturated heterocycles. The summed E-state index contributed by atoms with van der Waals surface area (Å²) in [4.78, 5) is 21.6. The molecule has 0 N–H and O–H groups in total. The van der Waals surface area contributed by atoms with Crippen LogP contribution in [0, 0.1) is 0 Å². The lowest BCUT2D eigenvalue weighted by Gasteiger charge is -2.09. The van der Waals surface area contributed by atoms with Crippen molar-refractivity contribution < 1.29 is 128 Å². The van der Waals surface area contributed by atoms with Crippen molar-refractivity contribution in [1.29, 1.82) is 0 Å². The summed E-state index contributed by atoms with van der Waals surface area (Å²) in [5.74, 6) is 0.239. The zero-order chi connectivity index (χ0) is 59.6. The van der Waals surface area contributed by atoms with E-state index in [2.05, 4.69) is 0 Å². The van der Waals surface area contributed by atoms with Gasteiger partial charge in [-0.3, -0.25) is 9.59 Å². The Morgan fingerprint density at radius 1 is 0.133 bits per heavy atom. The van der Waals surface area contributed by atoms with Crippen molar-refractivity contribution >= 4 is 11.6 Å². The van der Waals surface area contributed by atoms with Crippen LogP contribution < -0.4 is 0 Å². The second kappa shape index (κ2) is 76.4. The van der Waals surface area contributed by atoms with Crippen LogP contribution in [-0.2, 0) is 128 Å². The van der Waals surface area contributed by atoms with E-state index in [1.54, 1.807) is 13.8 Å². The van der Waals surface area contributed by atoms with Crippen LogP contribution >= 0.6 is 0 Å². The van der Waals surface area contributed by atoms with Crippen molar-refractivity contribution in [3.63, 3.8) is 0 Å². The zero-order valence-corrected chi connectivity index (χ0v) is 50.8. The summed E-state index contributed by atoms with van der Waals surface area (Å²) in [6.07, 6.45) is 0.868. The van der Waals surface area contributed by atoms with E-state index in [4.69, 9.17) is 118 Å². The van der Waals surface area contributed by atoms with E-state index in [1.165, 1.54) is 0 Å². The first-order valence-electron chi connectivity index (χ1n) is 29.5. The smallest absolute Gasteiger partial charge is 0.132 e. The highest BCUT2D eigenvalue weighted by atomic mass is 16.6. The molecule has 0 rings (SSSR count). The molecule has 83 heavy (non-hydrogen) atoms. The summed E-state index contributed by atoms with van der Waals surface area (Å²) in [5.41, 5.74) is 0. The van der Waals surface area contributed by atoms with Crippen molar-refractivity contribution in [2.24, 2.45) is 0 Å². The van der Waals surface area contributed by atoms with Crippen LogP contribution in [0.1, 0.15) is 26.7 Å². The average molecular weight is 1220 g/mol. The van der Waals surface area contributed by atoms with Crippen LogP contribution in [0.3, 0.4) is 0 Å². The number of Topliss-reactive ketones (excluding diaryl/α,β-unsaturated/α-hetero) is 2. The fourth-order valence-corrected chi connectivity index (χ4v) is 5.81. The highest BCUT2D eigenvalue weighted by Crippen LogP contribution is 1.92. The predicted molar refractivity (Wildman–Crippen MR) is 301 cm³/mol. The average Bonchev–Trinajstić information content (AvgIpc) is 3.47. The Hall–Kier alpha value is -1.66. The number of ketones is 2. The van der Waals surface area contributed by atoms with Gasteiger partial charge in [-0.15, -0.1) is 0 Å². The van der Waals surface area contributed by atoms with Crippen molar-refractivity contribution in [3.8, 4) is 0 Å². The standard InChI is InChI=1S/C56H110O27/c1-55(57)3-5-59-7-9-61-11-13-63-15-17-65-19-21-67-23-25-69-27-29-71-31-33-73-35-37-75-39-41-77-43-45-79-47-49-81-51-53-83-54-52-82-50-48-80-46-44-78-42-40-76-38-36-74-34-32-72-30-28-70-26-24-68-22-20-66-18-16-64-14-12-62-10-8-60-6-4-56(2)58/h3-54H2,1-2H3. The first-order valence-corrected chi connectivity index (χ1v) is 29.5. The minimum absolute atomic E-state index is 0.120. The maximum absolute atomic E-state index is 10.8. The van der Waals surface area contributed by atoms with Gasteiger partial charge >= 0.3 is 0 Å². The number of carbonyl (C=O) groups is 2. The van der Waals surface area contributed by atoms with Gasteiger partial charge in [0.25, 0.3) is 0 Å². The Morgan fingerprint density at radius 3 is 0.253 bits per heavy atom. The number of ether oxygens (including phenoxy) is 25. The Kier molecular flexibility index (Phi) is 74.9. The molecule has 0 aliphatic rings. The monoisotopic (exact) mass is 1210 g/mol. The third-order valence-electron chi connectivity index (χ3n) is 10.1. The van der Waals surface area contributed by atoms with Gasteiger partial charge in [0.05, 0.1) is 330 Å². The summed E-state index contributed by atoms with van der Waals surface area (Å²) in [6, 6.07) is 0. The first-order chi connectivity index (χ1) is 41.1. The highest BCUT2D eigenvalue weighted by molar-refractivity contribution is 5.75. The summed E-state index contributed by atoms with van der Waals surface area (Å²) in [7, 11) is 0. The molecule has 0 aromatic rings. The number of hydrogen-bond acceptors (Lipinski definition) is 27. The van der Waals surface area contributed by atoms with Crippen LogP contribution in [0.2, 0.25) is 0 Å². The Balaban J connectivity index is 3.09. The third-order valence-corrected chi connectivity index (χ3v) is 10.1. The second-order valence-electron chi connectivity index (χ2n) is 17.2. The van der Waals surface area contributed by atoms with Gasteiger partial charge < -0.3 is 118 Å². The minimum atomic E-state index is 0.120. The molecular formula is C56H110O27. The normalized spacial score (nSPS) is 11.7. The van der Waals surface area contributed by atoms with Crippen LogP contribution in [-0.4, -0.2) is 342 Å². The van der Waals surface area contributed by atoms with E-state index in [0.717, 1.165) is 0 Å². The summed E-state index contributed by atoms with van der Waals surface area (Å²) in [5, 5.41) is 0. The Labute approximate surface area is 495 Å². The molecule has 0 fully saturated rings. The largest absolute Gasteiger partial charge is 0.379 e. The van der Waals surface area contributed by atoms with E-state index in [9.17, 15) is 9.59 Å². The molecule has 0 aromatic heterocycles. The maximum Gasteiger partial charge on any atom is 0.132 e. The van der Waals surface area contributed by atoms with E-state index in [1.807, 2.05) is 0 Å². The van der Waals surface area contributed by atoms with Crippen molar-refractivity contribution in [2.45, 2.75) is 26.7 Å². The number of carbonyl (C=O) groups excluding carboxylic acids is 2.